The van der Waals surface area contributed by atoms with Crippen LogP contribution in [0.2, 0.25) is 0 Å². The van der Waals surface area contributed by atoms with E-state index in [9.17, 15) is 4.79 Å². The molecule has 100 valence electrons. The fourth-order valence-electron chi connectivity index (χ4n) is 2.75. The number of esters is 1. The predicted molar refractivity (Wildman–Crippen MR) is 69.2 cm³/mol. The number of hydrogen-bond donors (Lipinski definition) is 0. The number of carbonyl (C=O) groups excluding carboxylic acids is 1. The van der Waals surface area contributed by atoms with Crippen molar-refractivity contribution in [2.45, 2.75) is 46.1 Å². The molecule has 0 bridgehead atoms. The molecule has 2 rings (SSSR count). The molecule has 1 aliphatic rings. The van der Waals surface area contributed by atoms with E-state index >= 15 is 0 Å². The smallest absolute Gasteiger partial charge is 0.308 e. The number of imidazole rings is 1. The number of ether oxygens (including phenoxy) is 1. The monoisotopic (exact) mass is 250 g/mol. The Bertz CT molecular complexity index is 417. The summed E-state index contributed by atoms with van der Waals surface area (Å²) in [6.07, 6.45) is 6.07. The maximum Gasteiger partial charge on any atom is 0.308 e. The lowest BCUT2D eigenvalue weighted by molar-refractivity contribution is -0.146. The average molecular weight is 250 g/mol. The lowest BCUT2D eigenvalue weighted by Crippen LogP contribution is -2.25. The SMILES string of the molecule is COC(=O)C1CCC(Cn2cnc(C)c2C)CC1. The largest absolute Gasteiger partial charge is 0.469 e. The van der Waals surface area contributed by atoms with E-state index in [1.807, 2.05) is 13.3 Å². The predicted octanol–water partition coefficient (Wildman–Crippen LogP) is 2.48. The van der Waals surface area contributed by atoms with Gasteiger partial charge < -0.3 is 9.30 Å². The Morgan fingerprint density at radius 1 is 1.39 bits per heavy atom. The Balaban J connectivity index is 1.87. The van der Waals surface area contributed by atoms with E-state index < -0.39 is 0 Å². The van der Waals surface area contributed by atoms with Gasteiger partial charge in [-0.15, -0.1) is 0 Å². The number of methoxy groups -OCH3 is 1. The van der Waals surface area contributed by atoms with Crippen molar-refractivity contribution in [3.8, 4) is 0 Å². The molecule has 0 aromatic carbocycles. The normalized spacial score (nSPS) is 23.9. The molecule has 0 radical (unpaired) electrons. The van der Waals surface area contributed by atoms with E-state index in [1.54, 1.807) is 0 Å². The van der Waals surface area contributed by atoms with Crippen LogP contribution in [0.15, 0.2) is 6.33 Å². The summed E-state index contributed by atoms with van der Waals surface area (Å²) in [6.45, 7) is 5.18. The third-order valence-electron chi connectivity index (χ3n) is 4.18. The summed E-state index contributed by atoms with van der Waals surface area (Å²) in [5, 5.41) is 0. The molecule has 18 heavy (non-hydrogen) atoms. The second-order valence-electron chi connectivity index (χ2n) is 5.31. The first kappa shape index (κ1) is 13.1. The molecule has 0 unspecified atom stereocenters. The van der Waals surface area contributed by atoms with Gasteiger partial charge in [0.05, 0.1) is 25.0 Å². The van der Waals surface area contributed by atoms with Gasteiger partial charge in [-0.1, -0.05) is 0 Å². The minimum Gasteiger partial charge on any atom is -0.469 e. The highest BCUT2D eigenvalue weighted by Crippen LogP contribution is 2.30. The van der Waals surface area contributed by atoms with Crippen LogP contribution in [-0.2, 0) is 16.1 Å². The molecule has 0 amide bonds. The number of nitrogens with zero attached hydrogens (tertiary/aromatic N) is 2. The minimum absolute atomic E-state index is 0.0388. The van der Waals surface area contributed by atoms with Gasteiger partial charge in [0.2, 0.25) is 0 Å². The molecule has 4 heteroatoms. The quantitative estimate of drug-likeness (QED) is 0.774. The van der Waals surface area contributed by atoms with Crippen LogP contribution in [0.1, 0.15) is 37.1 Å². The number of hydrogen-bond acceptors (Lipinski definition) is 3. The Hall–Kier alpha value is -1.32. The van der Waals surface area contributed by atoms with Crippen LogP contribution in [0.25, 0.3) is 0 Å². The van der Waals surface area contributed by atoms with Gasteiger partial charge in [-0.05, 0) is 45.4 Å². The molecule has 0 saturated heterocycles. The van der Waals surface area contributed by atoms with E-state index in [1.165, 1.54) is 12.8 Å². The third kappa shape index (κ3) is 2.74. The Labute approximate surface area is 108 Å². The molecule has 1 fully saturated rings. The zero-order valence-electron chi connectivity index (χ0n) is 11.5. The van der Waals surface area contributed by atoms with Crippen molar-refractivity contribution in [1.29, 1.82) is 0 Å². The molecule has 1 aromatic rings. The van der Waals surface area contributed by atoms with Gasteiger partial charge in [-0.25, -0.2) is 4.98 Å². The zero-order valence-corrected chi connectivity index (χ0v) is 11.5. The van der Waals surface area contributed by atoms with Crippen LogP contribution in [0.5, 0.6) is 0 Å². The van der Waals surface area contributed by atoms with Gasteiger partial charge in [-0.3, -0.25) is 4.79 Å². The zero-order chi connectivity index (χ0) is 13.1. The average Bonchev–Trinajstić information content (AvgIpc) is 2.71. The first-order chi connectivity index (χ1) is 8.61. The van der Waals surface area contributed by atoms with Crippen molar-refractivity contribution >= 4 is 5.97 Å². The van der Waals surface area contributed by atoms with Crippen molar-refractivity contribution in [1.82, 2.24) is 9.55 Å². The van der Waals surface area contributed by atoms with Crippen molar-refractivity contribution in [3.63, 3.8) is 0 Å². The van der Waals surface area contributed by atoms with Crippen LogP contribution >= 0.6 is 0 Å². The summed E-state index contributed by atoms with van der Waals surface area (Å²) in [4.78, 5) is 15.8. The summed E-state index contributed by atoms with van der Waals surface area (Å²) in [5.74, 6) is 0.748. The van der Waals surface area contributed by atoms with Gasteiger partial charge >= 0.3 is 5.97 Å². The van der Waals surface area contributed by atoms with Crippen molar-refractivity contribution in [2.75, 3.05) is 7.11 Å². The van der Waals surface area contributed by atoms with Gasteiger partial charge in [0.15, 0.2) is 0 Å². The molecule has 0 aliphatic heterocycles. The minimum atomic E-state index is -0.0388. The number of aryl methyl sites for hydroxylation is 1. The van der Waals surface area contributed by atoms with Crippen LogP contribution in [0.3, 0.4) is 0 Å². The third-order valence-corrected chi connectivity index (χ3v) is 4.18. The van der Waals surface area contributed by atoms with E-state index in [0.717, 1.165) is 37.9 Å². The summed E-state index contributed by atoms with van der Waals surface area (Å²) in [5.41, 5.74) is 2.36. The van der Waals surface area contributed by atoms with Crippen LogP contribution < -0.4 is 0 Å². The summed E-state index contributed by atoms with van der Waals surface area (Å²) in [6, 6.07) is 0. The summed E-state index contributed by atoms with van der Waals surface area (Å²) in [7, 11) is 1.48. The second-order valence-corrected chi connectivity index (χ2v) is 5.31. The fourth-order valence-corrected chi connectivity index (χ4v) is 2.75. The highest BCUT2D eigenvalue weighted by molar-refractivity contribution is 5.72. The molecule has 0 N–H and O–H groups in total. The lowest BCUT2D eigenvalue weighted by Gasteiger charge is -2.27. The van der Waals surface area contributed by atoms with Crippen molar-refractivity contribution < 1.29 is 9.53 Å². The maximum atomic E-state index is 11.5. The van der Waals surface area contributed by atoms with Gasteiger partial charge in [0.1, 0.15) is 0 Å². The van der Waals surface area contributed by atoms with Crippen LogP contribution in [0.4, 0.5) is 0 Å². The van der Waals surface area contributed by atoms with Crippen LogP contribution in [0, 0.1) is 25.7 Å². The van der Waals surface area contributed by atoms with Gasteiger partial charge in [-0.2, -0.15) is 0 Å². The summed E-state index contributed by atoms with van der Waals surface area (Å²) >= 11 is 0. The van der Waals surface area contributed by atoms with E-state index in [0.29, 0.717) is 5.92 Å². The molecular weight excluding hydrogens is 228 g/mol. The van der Waals surface area contributed by atoms with Gasteiger partial charge in [0, 0.05) is 12.2 Å². The Morgan fingerprint density at radius 2 is 2.06 bits per heavy atom. The molecule has 1 saturated carbocycles. The standard InChI is InChI=1S/C14H22N2O2/c1-10-11(2)16(9-15-10)8-12-4-6-13(7-5-12)14(17)18-3/h9,12-13H,4-8H2,1-3H3. The van der Waals surface area contributed by atoms with Crippen molar-refractivity contribution in [3.05, 3.63) is 17.7 Å². The topological polar surface area (TPSA) is 44.1 Å². The Morgan fingerprint density at radius 3 is 2.56 bits per heavy atom. The number of rotatable bonds is 3. The first-order valence-electron chi connectivity index (χ1n) is 6.68. The van der Waals surface area contributed by atoms with Gasteiger partial charge in [0.25, 0.3) is 0 Å². The Kier molecular flexibility index (Phi) is 4.04. The fraction of sp³-hybridized carbons (Fsp3) is 0.714. The number of aromatic nitrogens is 2. The van der Waals surface area contributed by atoms with E-state index in [4.69, 9.17) is 4.74 Å². The lowest BCUT2D eigenvalue weighted by atomic mass is 9.82. The molecule has 1 heterocycles. The maximum absolute atomic E-state index is 11.5. The highest BCUT2D eigenvalue weighted by Gasteiger charge is 2.27. The molecule has 4 nitrogen and oxygen atoms in total. The molecular formula is C14H22N2O2. The molecule has 1 aliphatic carbocycles. The van der Waals surface area contributed by atoms with Crippen LogP contribution in [-0.4, -0.2) is 22.6 Å². The second kappa shape index (κ2) is 5.55. The number of carbonyl (C=O) groups is 1. The molecule has 0 atom stereocenters. The first-order valence-corrected chi connectivity index (χ1v) is 6.68. The molecule has 0 spiro atoms. The van der Waals surface area contributed by atoms with E-state index in [-0.39, 0.29) is 11.9 Å². The highest BCUT2D eigenvalue weighted by atomic mass is 16.5. The van der Waals surface area contributed by atoms with Crippen molar-refractivity contribution in [2.24, 2.45) is 11.8 Å². The summed E-state index contributed by atoms with van der Waals surface area (Å²) < 4.78 is 7.05. The molecule has 1 aromatic heterocycles. The van der Waals surface area contributed by atoms with E-state index in [2.05, 4.69) is 16.5 Å².